The summed E-state index contributed by atoms with van der Waals surface area (Å²) in [5.74, 6) is -1.48. The number of rotatable bonds is 6. The molecule has 5 rings (SSSR count). The predicted molar refractivity (Wildman–Crippen MR) is 127 cm³/mol. The number of hydrogen-bond donors (Lipinski definition) is 1. The Kier molecular flexibility index (Phi) is 5.93. The van der Waals surface area contributed by atoms with Gasteiger partial charge in [-0.3, -0.25) is 9.36 Å². The Bertz CT molecular complexity index is 1490. The van der Waals surface area contributed by atoms with Crippen LogP contribution < -0.4 is 5.32 Å². The zero-order valence-corrected chi connectivity index (χ0v) is 18.7. The standard InChI is InChI=1S/C27H20F2N4O2/c1-17-22(26(32-35-17)19-5-3-2-4-6-19)14-31-27(34)25-15-30-16-33(25)21-10-7-18(8-11-21)20-9-12-23(28)24(29)13-20/h2-13,15-16H,14H2,1H3,(H,31,34). The van der Waals surface area contributed by atoms with E-state index in [-0.39, 0.29) is 12.5 Å². The number of carbonyl (C=O) groups excluding carboxylic acids is 1. The number of nitrogens with zero attached hydrogens (tertiary/aromatic N) is 3. The largest absolute Gasteiger partial charge is 0.361 e. The molecule has 0 radical (unpaired) electrons. The summed E-state index contributed by atoms with van der Waals surface area (Å²) in [6.45, 7) is 2.04. The molecule has 5 aromatic rings. The molecule has 0 saturated heterocycles. The molecular formula is C27H20F2N4O2. The fourth-order valence-corrected chi connectivity index (χ4v) is 3.84. The van der Waals surface area contributed by atoms with Crippen molar-refractivity contribution in [2.75, 3.05) is 0 Å². The number of aryl methyl sites for hydroxylation is 1. The average molecular weight is 470 g/mol. The zero-order chi connectivity index (χ0) is 24.4. The van der Waals surface area contributed by atoms with E-state index in [1.165, 1.54) is 12.3 Å². The SMILES string of the molecule is Cc1onc(-c2ccccc2)c1CNC(=O)c1cncn1-c1ccc(-c2ccc(F)c(F)c2)cc1. The Labute approximate surface area is 199 Å². The first kappa shape index (κ1) is 22.2. The molecule has 2 aromatic heterocycles. The number of amides is 1. The number of imidazole rings is 1. The molecule has 3 aromatic carbocycles. The monoisotopic (exact) mass is 470 g/mol. The number of hydrogen-bond acceptors (Lipinski definition) is 4. The second kappa shape index (κ2) is 9.34. The van der Waals surface area contributed by atoms with Crippen molar-refractivity contribution in [1.82, 2.24) is 20.0 Å². The Morgan fingerprint density at radius 2 is 1.69 bits per heavy atom. The highest BCUT2D eigenvalue weighted by atomic mass is 19.2. The lowest BCUT2D eigenvalue weighted by atomic mass is 10.1. The predicted octanol–water partition coefficient (Wildman–Crippen LogP) is 5.71. The van der Waals surface area contributed by atoms with Crippen molar-refractivity contribution in [1.29, 1.82) is 0 Å². The summed E-state index contributed by atoms with van der Waals surface area (Å²) in [5.41, 5.74) is 4.70. The smallest absolute Gasteiger partial charge is 0.270 e. The van der Waals surface area contributed by atoms with E-state index in [1.807, 2.05) is 30.3 Å². The first-order valence-corrected chi connectivity index (χ1v) is 10.9. The van der Waals surface area contributed by atoms with Crippen LogP contribution in [0.2, 0.25) is 0 Å². The summed E-state index contributed by atoms with van der Waals surface area (Å²) in [6.07, 6.45) is 3.03. The van der Waals surface area contributed by atoms with Gasteiger partial charge in [-0.1, -0.05) is 53.7 Å². The minimum Gasteiger partial charge on any atom is -0.361 e. The minimum atomic E-state index is -0.904. The molecule has 0 atom stereocenters. The first-order valence-electron chi connectivity index (χ1n) is 10.9. The number of benzene rings is 3. The second-order valence-corrected chi connectivity index (χ2v) is 7.94. The van der Waals surface area contributed by atoms with Crippen molar-refractivity contribution in [2.24, 2.45) is 0 Å². The molecule has 6 nitrogen and oxygen atoms in total. The molecule has 1 N–H and O–H groups in total. The lowest BCUT2D eigenvalue weighted by molar-refractivity contribution is 0.0944. The van der Waals surface area contributed by atoms with E-state index in [0.717, 1.165) is 28.8 Å². The molecule has 0 aliphatic rings. The van der Waals surface area contributed by atoms with Gasteiger partial charge in [-0.25, -0.2) is 13.8 Å². The summed E-state index contributed by atoms with van der Waals surface area (Å²) < 4.78 is 33.8. The normalized spacial score (nSPS) is 10.9. The molecular weight excluding hydrogens is 450 g/mol. The average Bonchev–Trinajstić information content (AvgIpc) is 3.52. The van der Waals surface area contributed by atoms with E-state index in [0.29, 0.717) is 28.4 Å². The van der Waals surface area contributed by atoms with Gasteiger partial charge in [-0.15, -0.1) is 0 Å². The number of halogens is 2. The molecule has 0 unspecified atom stereocenters. The highest BCUT2D eigenvalue weighted by Crippen LogP contribution is 2.26. The number of carbonyl (C=O) groups is 1. The van der Waals surface area contributed by atoms with E-state index < -0.39 is 11.6 Å². The second-order valence-electron chi connectivity index (χ2n) is 7.94. The van der Waals surface area contributed by atoms with Crippen LogP contribution in [0.5, 0.6) is 0 Å². The highest BCUT2D eigenvalue weighted by molar-refractivity contribution is 5.93. The summed E-state index contributed by atoms with van der Waals surface area (Å²) >= 11 is 0. The third-order valence-corrected chi connectivity index (χ3v) is 5.73. The van der Waals surface area contributed by atoms with Crippen molar-refractivity contribution in [3.05, 3.63) is 114 Å². The van der Waals surface area contributed by atoms with Gasteiger partial charge in [0.05, 0.1) is 12.5 Å². The maximum absolute atomic E-state index is 13.6. The molecule has 0 fully saturated rings. The summed E-state index contributed by atoms with van der Waals surface area (Å²) in [7, 11) is 0. The van der Waals surface area contributed by atoms with Crippen molar-refractivity contribution in [2.45, 2.75) is 13.5 Å². The Morgan fingerprint density at radius 3 is 2.43 bits per heavy atom. The van der Waals surface area contributed by atoms with E-state index in [4.69, 9.17) is 4.52 Å². The fraction of sp³-hybridized carbons (Fsp3) is 0.0741. The maximum Gasteiger partial charge on any atom is 0.270 e. The van der Waals surface area contributed by atoms with Gasteiger partial charge in [0.1, 0.15) is 17.1 Å². The van der Waals surface area contributed by atoms with E-state index in [2.05, 4.69) is 15.5 Å². The molecule has 0 aliphatic heterocycles. The van der Waals surface area contributed by atoms with Gasteiger partial charge in [-0.05, 0) is 42.3 Å². The molecule has 8 heteroatoms. The summed E-state index contributed by atoms with van der Waals surface area (Å²) in [4.78, 5) is 17.1. The van der Waals surface area contributed by atoms with Crippen LogP contribution in [0.15, 0.2) is 89.8 Å². The van der Waals surface area contributed by atoms with Crippen LogP contribution in [-0.4, -0.2) is 20.6 Å². The van der Waals surface area contributed by atoms with Crippen molar-refractivity contribution >= 4 is 5.91 Å². The Balaban J connectivity index is 1.34. The molecule has 0 saturated carbocycles. The summed E-state index contributed by atoms with van der Waals surface area (Å²) in [5, 5.41) is 7.07. The van der Waals surface area contributed by atoms with Crippen LogP contribution in [0.3, 0.4) is 0 Å². The van der Waals surface area contributed by atoms with E-state index in [1.54, 1.807) is 42.1 Å². The lowest BCUT2D eigenvalue weighted by Gasteiger charge is -2.10. The maximum atomic E-state index is 13.6. The van der Waals surface area contributed by atoms with Crippen molar-refractivity contribution in [3.8, 4) is 28.1 Å². The highest BCUT2D eigenvalue weighted by Gasteiger charge is 2.18. The van der Waals surface area contributed by atoms with Crippen molar-refractivity contribution < 1.29 is 18.1 Å². The molecule has 1 amide bonds. The quantitative estimate of drug-likeness (QED) is 0.345. The van der Waals surface area contributed by atoms with Gasteiger partial charge >= 0.3 is 0 Å². The van der Waals surface area contributed by atoms with Crippen LogP contribution in [0.1, 0.15) is 21.8 Å². The third kappa shape index (κ3) is 4.46. The minimum absolute atomic E-state index is 0.235. The molecule has 2 heterocycles. The third-order valence-electron chi connectivity index (χ3n) is 5.73. The van der Waals surface area contributed by atoms with Gasteiger partial charge in [0, 0.05) is 23.4 Å². The first-order chi connectivity index (χ1) is 17.0. The molecule has 0 spiro atoms. The van der Waals surface area contributed by atoms with Gasteiger partial charge in [-0.2, -0.15) is 0 Å². The van der Waals surface area contributed by atoms with Gasteiger partial charge in [0.15, 0.2) is 11.6 Å². The van der Waals surface area contributed by atoms with Gasteiger partial charge < -0.3 is 9.84 Å². The zero-order valence-electron chi connectivity index (χ0n) is 18.7. The van der Waals surface area contributed by atoms with Crippen LogP contribution >= 0.6 is 0 Å². The van der Waals surface area contributed by atoms with Crippen LogP contribution in [0.4, 0.5) is 8.78 Å². The Morgan fingerprint density at radius 1 is 0.943 bits per heavy atom. The lowest BCUT2D eigenvalue weighted by Crippen LogP contribution is -2.25. The van der Waals surface area contributed by atoms with Crippen LogP contribution in [0, 0.1) is 18.6 Å². The van der Waals surface area contributed by atoms with Gasteiger partial charge in [0.2, 0.25) is 0 Å². The fourth-order valence-electron chi connectivity index (χ4n) is 3.84. The van der Waals surface area contributed by atoms with Gasteiger partial charge in [0.25, 0.3) is 5.91 Å². The van der Waals surface area contributed by atoms with Crippen molar-refractivity contribution in [3.63, 3.8) is 0 Å². The van der Waals surface area contributed by atoms with E-state index in [9.17, 15) is 13.6 Å². The van der Waals surface area contributed by atoms with E-state index >= 15 is 0 Å². The molecule has 174 valence electrons. The van der Waals surface area contributed by atoms with Crippen LogP contribution in [0.25, 0.3) is 28.1 Å². The topological polar surface area (TPSA) is 73.0 Å². The molecule has 0 bridgehead atoms. The Hall–Kier alpha value is -4.59. The summed E-state index contributed by atoms with van der Waals surface area (Å²) in [6, 6.07) is 20.5. The number of nitrogens with one attached hydrogen (secondary N) is 1. The number of aromatic nitrogens is 3. The molecule has 35 heavy (non-hydrogen) atoms. The van der Waals surface area contributed by atoms with Crippen LogP contribution in [-0.2, 0) is 6.54 Å². The molecule has 0 aliphatic carbocycles.